The number of allylic oxidation sites excluding steroid dienone is 1. The van der Waals surface area contributed by atoms with E-state index in [1.165, 1.54) is 82.1 Å². The van der Waals surface area contributed by atoms with Crippen LogP contribution in [-0.4, -0.2) is 34.0 Å². The summed E-state index contributed by atoms with van der Waals surface area (Å²) < 4.78 is 2.42. The largest absolute Gasteiger partial charge is 0.324 e. The topological polar surface area (TPSA) is 29.0 Å². The zero-order chi connectivity index (χ0) is 25.6. The Labute approximate surface area is 230 Å². The van der Waals surface area contributed by atoms with Crippen LogP contribution in [0.5, 0.6) is 0 Å². The summed E-state index contributed by atoms with van der Waals surface area (Å²) >= 11 is 0. The van der Waals surface area contributed by atoms with E-state index in [0.29, 0.717) is 16.7 Å². The van der Waals surface area contributed by atoms with Gasteiger partial charge >= 0.3 is 0 Å². The summed E-state index contributed by atoms with van der Waals surface area (Å²) in [5, 5.41) is 2.18. The molecule has 3 fully saturated rings. The van der Waals surface area contributed by atoms with Gasteiger partial charge in [0.05, 0.1) is 0 Å². The zero-order valence-electron chi connectivity index (χ0n) is 23.9. The number of nitrogens with two attached hydrogens (primary N) is 1. The molecule has 0 spiro atoms. The van der Waals surface area contributed by atoms with Crippen molar-refractivity contribution in [3.8, 4) is 0 Å². The fourth-order valence-corrected chi connectivity index (χ4v) is 12.2. The van der Waals surface area contributed by atoms with Crippen LogP contribution >= 0.6 is 21.6 Å². The molecular weight excluding hydrogens is 477 g/mol. The number of rotatable bonds is 7. The lowest BCUT2D eigenvalue weighted by Gasteiger charge is -2.63. The third kappa shape index (κ3) is 4.94. The van der Waals surface area contributed by atoms with Gasteiger partial charge < -0.3 is 5.73 Å². The van der Waals surface area contributed by atoms with Gasteiger partial charge in [-0.1, -0.05) is 75.5 Å². The molecule has 202 valence electrons. The number of hydrogen-bond acceptors (Lipinski definition) is 3. The van der Waals surface area contributed by atoms with E-state index in [2.05, 4.69) is 68.3 Å². The van der Waals surface area contributed by atoms with Crippen molar-refractivity contribution in [2.45, 2.75) is 122 Å². The second kappa shape index (κ2) is 10.8. The van der Waals surface area contributed by atoms with Gasteiger partial charge in [0.2, 0.25) is 5.04 Å². The van der Waals surface area contributed by atoms with Crippen molar-refractivity contribution in [2.24, 2.45) is 40.2 Å². The quantitative estimate of drug-likeness (QED) is 0.155. The third-order valence-electron chi connectivity index (χ3n) is 11.6. The summed E-state index contributed by atoms with van der Waals surface area (Å²) in [7, 11) is 6.39. The first-order chi connectivity index (χ1) is 17.2. The summed E-state index contributed by atoms with van der Waals surface area (Å²) in [4.78, 5) is 0. The Morgan fingerprint density at radius 1 is 1.08 bits per heavy atom. The van der Waals surface area contributed by atoms with Crippen molar-refractivity contribution in [2.75, 3.05) is 13.6 Å². The van der Waals surface area contributed by atoms with Crippen molar-refractivity contribution in [3.05, 3.63) is 23.8 Å². The van der Waals surface area contributed by atoms with Gasteiger partial charge in [0.25, 0.3) is 0 Å². The lowest BCUT2D eigenvalue weighted by molar-refractivity contribution is -0.493. The molecule has 4 heteroatoms. The monoisotopic (exact) mass is 529 g/mol. The highest BCUT2D eigenvalue weighted by Crippen LogP contribution is 2.68. The summed E-state index contributed by atoms with van der Waals surface area (Å²) in [5.74, 6) is 3.16. The summed E-state index contributed by atoms with van der Waals surface area (Å²) in [6.07, 6.45) is 24.9. The van der Waals surface area contributed by atoms with E-state index in [1.807, 2.05) is 10.8 Å². The fraction of sp³-hybridized carbons (Fsp3) is 0.844. The first-order valence-electron chi connectivity index (χ1n) is 15.2. The van der Waals surface area contributed by atoms with Gasteiger partial charge in [-0.2, -0.15) is 0 Å². The van der Waals surface area contributed by atoms with Gasteiger partial charge in [-0.15, -0.1) is 0 Å². The van der Waals surface area contributed by atoms with E-state index < -0.39 is 0 Å². The van der Waals surface area contributed by atoms with Crippen LogP contribution in [0.15, 0.2) is 23.8 Å². The van der Waals surface area contributed by atoms with Crippen LogP contribution in [0.1, 0.15) is 111 Å². The Hall–Kier alpha value is -0.190. The van der Waals surface area contributed by atoms with Crippen molar-refractivity contribution in [1.29, 1.82) is 0 Å². The second-order valence-electron chi connectivity index (χ2n) is 14.1. The molecule has 0 aromatic carbocycles. The van der Waals surface area contributed by atoms with E-state index >= 15 is 0 Å². The predicted octanol–water partition coefficient (Wildman–Crippen LogP) is 8.61. The maximum Gasteiger partial charge on any atom is 0.244 e. The fourth-order valence-electron chi connectivity index (χ4n) is 9.35. The molecule has 3 saturated carbocycles. The zero-order valence-corrected chi connectivity index (χ0v) is 25.5. The van der Waals surface area contributed by atoms with Crippen molar-refractivity contribution in [3.63, 3.8) is 0 Å². The molecule has 0 saturated heterocycles. The Bertz CT molecular complexity index is 906. The molecular formula is C32H53N2S2+. The normalized spacial score (nSPS) is 42.2. The molecule has 0 radical (unpaired) electrons. The molecule has 0 aromatic rings. The van der Waals surface area contributed by atoms with Crippen LogP contribution in [0.4, 0.5) is 0 Å². The molecule has 2 N–H and O–H groups in total. The van der Waals surface area contributed by atoms with Gasteiger partial charge in [-0.3, -0.25) is 0 Å². The Balaban J connectivity index is 1.25. The van der Waals surface area contributed by atoms with Gasteiger partial charge in [0, 0.05) is 34.1 Å². The van der Waals surface area contributed by atoms with E-state index in [4.69, 9.17) is 5.73 Å². The van der Waals surface area contributed by atoms with Crippen molar-refractivity contribution < 1.29 is 4.58 Å². The first-order valence-corrected chi connectivity index (χ1v) is 17.4. The molecule has 2 nitrogen and oxygen atoms in total. The molecule has 36 heavy (non-hydrogen) atoms. The second-order valence-corrected chi connectivity index (χ2v) is 16.6. The molecule has 7 unspecified atom stereocenters. The summed E-state index contributed by atoms with van der Waals surface area (Å²) in [5.41, 5.74) is 10.2. The number of hydrogen-bond donors (Lipinski definition) is 1. The highest BCUT2D eigenvalue weighted by Gasteiger charge is 2.63. The number of nitrogens with zero attached hydrogens (tertiary/aromatic N) is 1. The van der Waals surface area contributed by atoms with E-state index in [9.17, 15) is 0 Å². The SMILES string of the molecule is CC(C)CCCCC1CCC2C1(C)CCC1C3(C)CCC(SSC4=[N+](C)CCC=C4)CC3=CCC12N. The third-order valence-corrected chi connectivity index (χ3v) is 14.6. The highest BCUT2D eigenvalue weighted by molar-refractivity contribution is 8.82. The van der Waals surface area contributed by atoms with E-state index in [-0.39, 0.29) is 5.54 Å². The minimum Gasteiger partial charge on any atom is -0.324 e. The van der Waals surface area contributed by atoms with Crippen LogP contribution < -0.4 is 5.73 Å². The molecule has 7 atom stereocenters. The Morgan fingerprint density at radius 3 is 2.69 bits per heavy atom. The molecule has 0 aromatic heterocycles. The lowest BCUT2D eigenvalue weighted by atomic mass is 9.44. The average molecular weight is 530 g/mol. The number of unbranched alkanes of at least 4 members (excludes halogenated alkanes) is 1. The molecule has 5 aliphatic rings. The van der Waals surface area contributed by atoms with E-state index in [0.717, 1.165) is 36.0 Å². The first kappa shape index (κ1) is 27.4. The van der Waals surface area contributed by atoms with Crippen LogP contribution in [0.25, 0.3) is 0 Å². The summed E-state index contributed by atoms with van der Waals surface area (Å²) in [6, 6.07) is 0. The standard InChI is InChI=1S/C32H53N2S2/c1-23(2)10-6-7-11-24-13-14-27-30(24,3)19-17-28-31(4)18-16-26(22-25(31)15-20-32(27,28)33)35-36-29-12-8-9-21-34(29)5/h8,12,15,23-24,26-28H,6-7,9-11,13-14,16-22,33H2,1-5H3/q+1. The van der Waals surface area contributed by atoms with Crippen LogP contribution in [0.2, 0.25) is 0 Å². The maximum absolute atomic E-state index is 7.62. The van der Waals surface area contributed by atoms with Gasteiger partial charge in [0.15, 0.2) is 0 Å². The minimum atomic E-state index is 0.0259. The highest BCUT2D eigenvalue weighted by atomic mass is 33.1. The van der Waals surface area contributed by atoms with Gasteiger partial charge in [-0.05, 0) is 92.3 Å². The summed E-state index contributed by atoms with van der Waals surface area (Å²) in [6.45, 7) is 11.2. The Kier molecular flexibility index (Phi) is 8.18. The Morgan fingerprint density at radius 2 is 1.92 bits per heavy atom. The molecule has 1 aliphatic heterocycles. The molecule has 0 amide bonds. The smallest absolute Gasteiger partial charge is 0.244 e. The molecule has 4 aliphatic carbocycles. The molecule has 5 rings (SSSR count). The van der Waals surface area contributed by atoms with Crippen LogP contribution in [0, 0.1) is 34.5 Å². The van der Waals surface area contributed by atoms with Crippen molar-refractivity contribution in [1.82, 2.24) is 0 Å². The number of fused-ring (bicyclic) bond motifs is 5. The minimum absolute atomic E-state index is 0.0259. The van der Waals surface area contributed by atoms with Crippen molar-refractivity contribution >= 4 is 26.6 Å². The van der Waals surface area contributed by atoms with Gasteiger partial charge in [-0.25, -0.2) is 4.58 Å². The maximum atomic E-state index is 7.62. The molecule has 1 heterocycles. The lowest BCUT2D eigenvalue weighted by Crippen LogP contribution is -2.66. The van der Waals surface area contributed by atoms with Crippen LogP contribution in [0.3, 0.4) is 0 Å². The predicted molar refractivity (Wildman–Crippen MR) is 161 cm³/mol. The van der Waals surface area contributed by atoms with Crippen LogP contribution in [-0.2, 0) is 0 Å². The van der Waals surface area contributed by atoms with E-state index in [1.54, 1.807) is 5.57 Å². The molecule has 0 bridgehead atoms. The average Bonchev–Trinajstić information content (AvgIpc) is 3.18. The van der Waals surface area contributed by atoms with Gasteiger partial charge in [0.1, 0.15) is 13.6 Å².